The molecule has 0 saturated heterocycles. The van der Waals surface area contributed by atoms with Crippen LogP contribution < -0.4 is 4.74 Å². The van der Waals surface area contributed by atoms with Gasteiger partial charge in [0.25, 0.3) is 0 Å². The lowest BCUT2D eigenvalue weighted by atomic mass is 9.98. The minimum Gasteiger partial charge on any atom is -0.488 e. The number of hydrogen-bond acceptors (Lipinski definition) is 1. The molecule has 0 unspecified atom stereocenters. The van der Waals surface area contributed by atoms with Crippen LogP contribution in [0, 0.1) is 23.3 Å². The average molecular weight is 473 g/mol. The zero-order valence-electron chi connectivity index (χ0n) is 19.9. The van der Waals surface area contributed by atoms with Crippen molar-refractivity contribution in [3.63, 3.8) is 0 Å². The molecule has 5 heteroatoms. The number of unbranched alkanes of at least 4 members (excludes halogenated alkanes) is 1. The van der Waals surface area contributed by atoms with Crippen molar-refractivity contribution in [2.75, 3.05) is 6.61 Å². The van der Waals surface area contributed by atoms with E-state index >= 15 is 0 Å². The predicted octanol–water partition coefficient (Wildman–Crippen LogP) is 7.94. The van der Waals surface area contributed by atoms with Crippen molar-refractivity contribution in [2.45, 2.75) is 65.2 Å². The van der Waals surface area contributed by atoms with Gasteiger partial charge in [-0.25, -0.2) is 17.6 Å². The Labute approximate surface area is 199 Å². The molecule has 3 rings (SSSR count). The molecule has 0 saturated carbocycles. The highest BCUT2D eigenvalue weighted by molar-refractivity contribution is 5.33. The van der Waals surface area contributed by atoms with E-state index in [4.69, 9.17) is 4.74 Å². The molecule has 1 nitrogen and oxygen atoms in total. The largest absolute Gasteiger partial charge is 0.488 e. The molecular formula is C29H32F4O. The van der Waals surface area contributed by atoms with Gasteiger partial charge in [0.05, 0.1) is 6.61 Å². The van der Waals surface area contributed by atoms with Crippen LogP contribution in [0.3, 0.4) is 0 Å². The zero-order chi connectivity index (χ0) is 24.5. The lowest BCUT2D eigenvalue weighted by Crippen LogP contribution is -2.03. The normalized spacial score (nSPS) is 11.1. The summed E-state index contributed by atoms with van der Waals surface area (Å²) in [7, 11) is 0. The van der Waals surface area contributed by atoms with Crippen LogP contribution in [0.4, 0.5) is 17.6 Å². The molecule has 0 amide bonds. The Morgan fingerprint density at radius 1 is 0.559 bits per heavy atom. The summed E-state index contributed by atoms with van der Waals surface area (Å²) in [6.45, 7) is 4.25. The fourth-order valence-corrected chi connectivity index (χ4v) is 3.97. The first-order valence-corrected chi connectivity index (χ1v) is 12.1. The maximum absolute atomic E-state index is 14.3. The van der Waals surface area contributed by atoms with Gasteiger partial charge in [-0.2, -0.15) is 0 Å². The van der Waals surface area contributed by atoms with Crippen LogP contribution in [-0.4, -0.2) is 6.61 Å². The van der Waals surface area contributed by atoms with Gasteiger partial charge in [0.2, 0.25) is 0 Å². The molecule has 0 aliphatic carbocycles. The Morgan fingerprint density at radius 2 is 1.03 bits per heavy atom. The van der Waals surface area contributed by atoms with E-state index in [2.05, 4.69) is 0 Å². The first-order valence-electron chi connectivity index (χ1n) is 12.1. The Bertz CT molecular complexity index is 1030. The molecule has 0 fully saturated rings. The van der Waals surface area contributed by atoms with E-state index < -0.39 is 23.3 Å². The second kappa shape index (κ2) is 12.6. The van der Waals surface area contributed by atoms with Gasteiger partial charge in [-0.15, -0.1) is 0 Å². The van der Waals surface area contributed by atoms with Crippen molar-refractivity contribution in [3.05, 3.63) is 99.6 Å². The van der Waals surface area contributed by atoms with Gasteiger partial charge in [-0.05, 0) is 85.0 Å². The third-order valence-electron chi connectivity index (χ3n) is 5.93. The molecule has 0 N–H and O–H groups in total. The van der Waals surface area contributed by atoms with E-state index in [1.165, 1.54) is 24.3 Å². The topological polar surface area (TPSA) is 9.23 Å². The van der Waals surface area contributed by atoms with Gasteiger partial charge in [0.15, 0.2) is 17.4 Å². The molecular weight excluding hydrogens is 440 g/mol. The molecule has 0 spiro atoms. The number of ether oxygens (including phenoxy) is 1. The molecule has 0 radical (unpaired) electrons. The highest BCUT2D eigenvalue weighted by Crippen LogP contribution is 2.25. The summed E-state index contributed by atoms with van der Waals surface area (Å²) in [6.07, 6.45) is 5.05. The monoisotopic (exact) mass is 472 g/mol. The summed E-state index contributed by atoms with van der Waals surface area (Å²) >= 11 is 0. The first kappa shape index (κ1) is 25.8. The standard InChI is InChI=1S/C29H32F4O/c1-3-5-15-34-29-27(32)18-23(19-28(29)33)12-11-20-7-9-21(10-8-20)13-14-24-25(30)16-22(6-4-2)17-26(24)31/h7-10,16-19H,3-6,11-15H2,1-2H3. The third kappa shape index (κ3) is 7.09. The van der Waals surface area contributed by atoms with Crippen LogP contribution in [0.1, 0.15) is 60.9 Å². The van der Waals surface area contributed by atoms with Crippen molar-refractivity contribution < 1.29 is 22.3 Å². The lowest BCUT2D eigenvalue weighted by molar-refractivity contribution is 0.278. The van der Waals surface area contributed by atoms with E-state index in [0.717, 1.165) is 30.4 Å². The van der Waals surface area contributed by atoms with E-state index in [9.17, 15) is 17.6 Å². The van der Waals surface area contributed by atoms with Crippen LogP contribution >= 0.6 is 0 Å². The molecule has 3 aromatic carbocycles. The Morgan fingerprint density at radius 3 is 1.56 bits per heavy atom. The molecule has 0 aliphatic heterocycles. The molecule has 0 aliphatic rings. The first-order chi connectivity index (χ1) is 16.4. The quantitative estimate of drug-likeness (QED) is 0.192. The summed E-state index contributed by atoms with van der Waals surface area (Å²) in [5, 5.41) is 0. The lowest BCUT2D eigenvalue weighted by Gasteiger charge is -2.10. The fourth-order valence-electron chi connectivity index (χ4n) is 3.97. The van der Waals surface area contributed by atoms with E-state index in [-0.39, 0.29) is 17.7 Å². The van der Waals surface area contributed by atoms with Crippen LogP contribution in [-0.2, 0) is 32.1 Å². The van der Waals surface area contributed by atoms with E-state index in [0.29, 0.717) is 43.4 Å². The van der Waals surface area contributed by atoms with E-state index in [1.807, 2.05) is 38.1 Å². The van der Waals surface area contributed by atoms with E-state index in [1.54, 1.807) is 0 Å². The van der Waals surface area contributed by atoms with Crippen LogP contribution in [0.25, 0.3) is 0 Å². The molecule has 3 aromatic rings. The third-order valence-corrected chi connectivity index (χ3v) is 5.93. The fraction of sp³-hybridized carbons (Fsp3) is 0.379. The number of hydrogen-bond donors (Lipinski definition) is 0. The molecule has 34 heavy (non-hydrogen) atoms. The summed E-state index contributed by atoms with van der Waals surface area (Å²) in [5.74, 6) is -2.63. The number of aryl methyl sites for hydroxylation is 4. The molecule has 0 bridgehead atoms. The van der Waals surface area contributed by atoms with Crippen molar-refractivity contribution in [2.24, 2.45) is 0 Å². The second-order valence-electron chi connectivity index (χ2n) is 8.70. The average Bonchev–Trinajstić information content (AvgIpc) is 2.80. The van der Waals surface area contributed by atoms with Gasteiger partial charge in [-0.1, -0.05) is 51.0 Å². The summed E-state index contributed by atoms with van der Waals surface area (Å²) in [4.78, 5) is 0. The predicted molar refractivity (Wildman–Crippen MR) is 128 cm³/mol. The van der Waals surface area contributed by atoms with Crippen molar-refractivity contribution in [3.8, 4) is 5.75 Å². The maximum Gasteiger partial charge on any atom is 0.190 e. The summed E-state index contributed by atoms with van der Waals surface area (Å²) in [6, 6.07) is 13.3. The Hall–Kier alpha value is -2.82. The number of halogens is 4. The SMILES string of the molecule is CCCCOc1c(F)cc(CCc2ccc(CCc3c(F)cc(CCC)cc3F)cc2)cc1F. The van der Waals surface area contributed by atoms with Gasteiger partial charge in [0.1, 0.15) is 11.6 Å². The summed E-state index contributed by atoms with van der Waals surface area (Å²) < 4.78 is 62.4. The Kier molecular flexibility index (Phi) is 9.55. The number of benzene rings is 3. The second-order valence-corrected chi connectivity index (χ2v) is 8.70. The molecule has 182 valence electrons. The Balaban J connectivity index is 1.55. The minimum atomic E-state index is -0.677. The van der Waals surface area contributed by atoms with Gasteiger partial charge in [-0.3, -0.25) is 0 Å². The smallest absolute Gasteiger partial charge is 0.190 e. The highest BCUT2D eigenvalue weighted by Gasteiger charge is 2.13. The maximum atomic E-state index is 14.3. The summed E-state index contributed by atoms with van der Waals surface area (Å²) in [5.41, 5.74) is 3.37. The minimum absolute atomic E-state index is 0.120. The van der Waals surface area contributed by atoms with Crippen molar-refractivity contribution in [1.29, 1.82) is 0 Å². The molecule has 0 heterocycles. The van der Waals surface area contributed by atoms with Crippen molar-refractivity contribution in [1.82, 2.24) is 0 Å². The highest BCUT2D eigenvalue weighted by atomic mass is 19.1. The van der Waals surface area contributed by atoms with Crippen molar-refractivity contribution >= 4 is 0 Å². The van der Waals surface area contributed by atoms with Crippen LogP contribution in [0.15, 0.2) is 48.5 Å². The molecule has 0 atom stereocenters. The zero-order valence-corrected chi connectivity index (χ0v) is 19.9. The van der Waals surface area contributed by atoms with Crippen LogP contribution in [0.2, 0.25) is 0 Å². The van der Waals surface area contributed by atoms with Gasteiger partial charge in [0, 0.05) is 5.56 Å². The van der Waals surface area contributed by atoms with Gasteiger partial charge < -0.3 is 4.74 Å². The van der Waals surface area contributed by atoms with Crippen LogP contribution in [0.5, 0.6) is 5.75 Å². The molecule has 0 aromatic heterocycles. The van der Waals surface area contributed by atoms with Gasteiger partial charge >= 0.3 is 0 Å². The number of rotatable bonds is 12.